The molecule has 0 saturated heterocycles. The number of ether oxygens (including phenoxy) is 1. The monoisotopic (exact) mass is 445 g/mol. The van der Waals surface area contributed by atoms with Gasteiger partial charge in [0.25, 0.3) is 5.91 Å². The van der Waals surface area contributed by atoms with Crippen LogP contribution >= 0.6 is 0 Å². The van der Waals surface area contributed by atoms with Crippen LogP contribution < -0.4 is 20.7 Å². The maximum Gasteiger partial charge on any atom is 0.251 e. The van der Waals surface area contributed by atoms with Gasteiger partial charge >= 0.3 is 0 Å². The molecule has 3 aromatic rings. The molecule has 6 heteroatoms. The second-order valence-corrected chi connectivity index (χ2v) is 7.87. The zero-order valence-corrected chi connectivity index (χ0v) is 19.1. The Bertz CT molecular complexity index is 1040. The van der Waals surface area contributed by atoms with Crippen LogP contribution in [0.1, 0.15) is 27.9 Å². The van der Waals surface area contributed by atoms with Crippen molar-refractivity contribution in [3.05, 3.63) is 95.6 Å². The smallest absolute Gasteiger partial charge is 0.251 e. The Labute approximate surface area is 195 Å². The van der Waals surface area contributed by atoms with Gasteiger partial charge in [0, 0.05) is 24.3 Å². The van der Waals surface area contributed by atoms with E-state index in [1.54, 1.807) is 13.2 Å². The van der Waals surface area contributed by atoms with Crippen molar-refractivity contribution in [3.8, 4) is 5.75 Å². The van der Waals surface area contributed by atoms with Gasteiger partial charge in [-0.05, 0) is 61.7 Å². The molecule has 0 saturated carbocycles. The molecule has 0 heterocycles. The first kappa shape index (κ1) is 23.9. The maximum atomic E-state index is 12.9. The molecule has 0 aliphatic rings. The highest BCUT2D eigenvalue weighted by atomic mass is 16.5. The number of hydrogen-bond acceptors (Lipinski definition) is 4. The van der Waals surface area contributed by atoms with Crippen LogP contribution in [0.5, 0.6) is 5.75 Å². The van der Waals surface area contributed by atoms with Crippen molar-refractivity contribution in [3.63, 3.8) is 0 Å². The molecule has 0 fully saturated rings. The molecular formula is C27H31N3O3. The van der Waals surface area contributed by atoms with Gasteiger partial charge in [0.2, 0.25) is 5.91 Å². The van der Waals surface area contributed by atoms with E-state index in [-0.39, 0.29) is 11.8 Å². The third-order valence-corrected chi connectivity index (χ3v) is 5.31. The van der Waals surface area contributed by atoms with Crippen molar-refractivity contribution in [2.45, 2.75) is 25.8 Å². The summed E-state index contributed by atoms with van der Waals surface area (Å²) in [6.45, 7) is 2.94. The minimum absolute atomic E-state index is 0.191. The Kier molecular flexibility index (Phi) is 8.88. The second kappa shape index (κ2) is 12.3. The molecule has 172 valence electrons. The predicted octanol–water partition coefficient (Wildman–Crippen LogP) is 3.96. The summed E-state index contributed by atoms with van der Waals surface area (Å²) in [7, 11) is 1.63. The molecule has 6 nitrogen and oxygen atoms in total. The van der Waals surface area contributed by atoms with E-state index in [0.717, 1.165) is 22.6 Å². The summed E-state index contributed by atoms with van der Waals surface area (Å²) in [6.07, 6.45) is 1.20. The number of methoxy groups -OCH3 is 1. The largest absolute Gasteiger partial charge is 0.497 e. The molecule has 1 atom stereocenters. The predicted molar refractivity (Wildman–Crippen MR) is 132 cm³/mol. The van der Waals surface area contributed by atoms with E-state index in [2.05, 4.69) is 16.0 Å². The number of benzene rings is 3. The number of amides is 2. The molecule has 0 bridgehead atoms. The maximum absolute atomic E-state index is 12.9. The number of anilines is 1. The highest BCUT2D eigenvalue weighted by molar-refractivity contribution is 5.97. The lowest BCUT2D eigenvalue weighted by atomic mass is 10.0. The molecule has 33 heavy (non-hydrogen) atoms. The Balaban J connectivity index is 1.56. The van der Waals surface area contributed by atoms with Crippen LogP contribution in [0.15, 0.2) is 78.9 Å². The molecule has 3 N–H and O–H groups in total. The average Bonchev–Trinajstić information content (AvgIpc) is 2.85. The average molecular weight is 446 g/mol. The summed E-state index contributed by atoms with van der Waals surface area (Å²) >= 11 is 0. The van der Waals surface area contributed by atoms with Crippen molar-refractivity contribution in [1.29, 1.82) is 0 Å². The first-order chi connectivity index (χ1) is 16.0. The van der Waals surface area contributed by atoms with Crippen LogP contribution in [0.25, 0.3) is 0 Å². The molecule has 0 aliphatic heterocycles. The first-order valence-corrected chi connectivity index (χ1v) is 11.1. The minimum Gasteiger partial charge on any atom is -0.497 e. The number of nitrogens with one attached hydrogen (secondary N) is 3. The van der Waals surface area contributed by atoms with Crippen LogP contribution in [0, 0.1) is 6.92 Å². The Morgan fingerprint density at radius 3 is 2.36 bits per heavy atom. The number of aryl methyl sites for hydroxylation is 2. The fourth-order valence-electron chi connectivity index (χ4n) is 3.48. The van der Waals surface area contributed by atoms with Crippen molar-refractivity contribution in [2.24, 2.45) is 0 Å². The fourth-order valence-corrected chi connectivity index (χ4v) is 3.48. The summed E-state index contributed by atoms with van der Waals surface area (Å²) in [4.78, 5) is 25.7. The van der Waals surface area contributed by atoms with Gasteiger partial charge in [-0.15, -0.1) is 0 Å². The quantitative estimate of drug-likeness (QED) is 0.390. The van der Waals surface area contributed by atoms with E-state index in [9.17, 15) is 9.59 Å². The molecule has 2 amide bonds. The molecule has 3 aromatic carbocycles. The van der Waals surface area contributed by atoms with Crippen LogP contribution in [-0.2, 0) is 11.2 Å². The Hall–Kier alpha value is -3.80. The molecule has 0 unspecified atom stereocenters. The van der Waals surface area contributed by atoms with Gasteiger partial charge in [0.05, 0.1) is 7.11 Å². The fraction of sp³-hybridized carbons (Fsp3) is 0.259. The van der Waals surface area contributed by atoms with E-state index < -0.39 is 6.04 Å². The third kappa shape index (κ3) is 7.68. The van der Waals surface area contributed by atoms with Gasteiger partial charge in [-0.3, -0.25) is 9.59 Å². The molecule has 0 radical (unpaired) electrons. The number of carbonyl (C=O) groups is 2. The van der Waals surface area contributed by atoms with E-state index in [1.165, 1.54) is 0 Å². The Morgan fingerprint density at radius 1 is 0.909 bits per heavy atom. The Morgan fingerprint density at radius 2 is 1.67 bits per heavy atom. The molecule has 0 spiro atoms. The topological polar surface area (TPSA) is 79.5 Å². The molecule has 0 aromatic heterocycles. The van der Waals surface area contributed by atoms with Crippen molar-refractivity contribution >= 4 is 17.5 Å². The molecule has 3 rings (SSSR count). The minimum atomic E-state index is -0.626. The SMILES string of the molecule is COc1ccc(NCCNC(=O)[C@H](CCc2ccccc2)NC(=O)c2cccc(C)c2)cc1. The van der Waals surface area contributed by atoms with Crippen molar-refractivity contribution in [1.82, 2.24) is 10.6 Å². The third-order valence-electron chi connectivity index (χ3n) is 5.31. The standard InChI is InChI=1S/C27H31N3O3/c1-20-7-6-10-22(19-20)26(31)30-25(16-11-21-8-4-3-5-9-21)27(32)29-18-17-28-23-12-14-24(33-2)15-13-23/h3-10,12-15,19,25,28H,11,16-18H2,1-2H3,(H,29,32)(H,30,31)/t25-/m0/s1. The summed E-state index contributed by atoms with van der Waals surface area (Å²) in [5.41, 5.74) is 3.62. The zero-order valence-electron chi connectivity index (χ0n) is 19.1. The van der Waals surface area contributed by atoms with E-state index in [4.69, 9.17) is 4.74 Å². The summed E-state index contributed by atoms with van der Waals surface area (Å²) in [5, 5.41) is 9.12. The van der Waals surface area contributed by atoms with Gasteiger partial charge in [-0.2, -0.15) is 0 Å². The number of rotatable bonds is 11. The highest BCUT2D eigenvalue weighted by Gasteiger charge is 2.21. The lowest BCUT2D eigenvalue weighted by Crippen LogP contribution is -2.48. The first-order valence-electron chi connectivity index (χ1n) is 11.1. The van der Waals surface area contributed by atoms with Gasteiger partial charge in [-0.1, -0.05) is 48.0 Å². The summed E-state index contributed by atoms with van der Waals surface area (Å²) in [5.74, 6) is 0.353. The highest BCUT2D eigenvalue weighted by Crippen LogP contribution is 2.14. The lowest BCUT2D eigenvalue weighted by Gasteiger charge is -2.19. The normalized spacial score (nSPS) is 11.3. The van der Waals surface area contributed by atoms with Crippen LogP contribution in [0.2, 0.25) is 0 Å². The second-order valence-electron chi connectivity index (χ2n) is 7.87. The van der Waals surface area contributed by atoms with Gasteiger partial charge in [0.1, 0.15) is 11.8 Å². The van der Waals surface area contributed by atoms with E-state index in [0.29, 0.717) is 31.5 Å². The van der Waals surface area contributed by atoms with Crippen LogP contribution in [-0.4, -0.2) is 38.1 Å². The van der Waals surface area contributed by atoms with E-state index in [1.807, 2.05) is 79.7 Å². The number of hydrogen-bond donors (Lipinski definition) is 3. The van der Waals surface area contributed by atoms with E-state index >= 15 is 0 Å². The van der Waals surface area contributed by atoms with Crippen LogP contribution in [0.3, 0.4) is 0 Å². The van der Waals surface area contributed by atoms with Gasteiger partial charge in [0.15, 0.2) is 0 Å². The lowest BCUT2D eigenvalue weighted by molar-refractivity contribution is -0.123. The van der Waals surface area contributed by atoms with Gasteiger partial charge in [-0.25, -0.2) is 0 Å². The molecular weight excluding hydrogens is 414 g/mol. The summed E-state index contributed by atoms with van der Waals surface area (Å²) < 4.78 is 5.16. The van der Waals surface area contributed by atoms with Crippen molar-refractivity contribution < 1.29 is 14.3 Å². The molecule has 0 aliphatic carbocycles. The number of carbonyl (C=O) groups excluding carboxylic acids is 2. The van der Waals surface area contributed by atoms with Gasteiger partial charge < -0.3 is 20.7 Å². The zero-order chi connectivity index (χ0) is 23.5. The summed E-state index contributed by atoms with van der Waals surface area (Å²) in [6, 6.07) is 24.3. The van der Waals surface area contributed by atoms with Crippen molar-refractivity contribution in [2.75, 3.05) is 25.5 Å². The van der Waals surface area contributed by atoms with Crippen LogP contribution in [0.4, 0.5) is 5.69 Å².